The average molecular weight is 97.9 g/mol. The summed E-state index contributed by atoms with van der Waals surface area (Å²) in [4.78, 5) is 0. The van der Waals surface area contributed by atoms with Gasteiger partial charge in [0, 0.05) is 0 Å². The van der Waals surface area contributed by atoms with Gasteiger partial charge in [-0.15, -0.1) is 0 Å². The number of rotatable bonds is 0. The summed E-state index contributed by atoms with van der Waals surface area (Å²) in [6, 6.07) is 0. The van der Waals surface area contributed by atoms with Gasteiger partial charge < -0.3 is 0 Å². The second-order valence-electron chi connectivity index (χ2n) is 1.14. The van der Waals surface area contributed by atoms with E-state index in [0.717, 1.165) is 13.2 Å². The molecule has 0 aromatic carbocycles. The van der Waals surface area contributed by atoms with Crippen LogP contribution in [0.15, 0.2) is 10.7 Å². The molecule has 0 aliphatic carbocycles. The number of aromatic hydroxyl groups is 2. The van der Waals surface area contributed by atoms with Gasteiger partial charge in [-0.25, -0.2) is 0 Å². The van der Waals surface area contributed by atoms with Crippen molar-refractivity contribution in [2.24, 2.45) is 0 Å². The zero-order valence-corrected chi connectivity index (χ0v) is 3.46. The van der Waals surface area contributed by atoms with Gasteiger partial charge in [-0.1, -0.05) is 0 Å². The Balaban J connectivity index is 3.04. The molecule has 4 heteroatoms. The van der Waals surface area contributed by atoms with Crippen molar-refractivity contribution in [3.63, 3.8) is 0 Å². The van der Waals surface area contributed by atoms with Crippen LogP contribution in [0, 0.1) is 0 Å². The summed E-state index contributed by atoms with van der Waals surface area (Å²) >= 11 is 0. The Morgan fingerprint density at radius 1 is 1.57 bits per heavy atom. The molecule has 0 saturated carbocycles. The number of hydrogen-bond donors (Lipinski definition) is 2. The van der Waals surface area contributed by atoms with Crippen LogP contribution in [0.25, 0.3) is 0 Å². The zero-order chi connectivity index (χ0) is 5.28. The summed E-state index contributed by atoms with van der Waals surface area (Å²) in [5.41, 5.74) is -0.0579. The first-order chi connectivity index (χ1) is 3.29. The second kappa shape index (κ2) is 1.29. The Bertz CT molecular complexity index is 142. The molecule has 0 bridgehead atoms. The molecular weight excluding hydrogens is 94.8 g/mol. The van der Waals surface area contributed by atoms with Crippen molar-refractivity contribution in [2.45, 2.75) is 0 Å². The van der Waals surface area contributed by atoms with E-state index >= 15 is 0 Å². The van der Waals surface area contributed by atoms with Crippen LogP contribution in [0.1, 0.15) is 0 Å². The minimum absolute atomic E-state index is 0.0579. The van der Waals surface area contributed by atoms with Crippen molar-refractivity contribution in [2.75, 3.05) is 0 Å². The summed E-state index contributed by atoms with van der Waals surface area (Å²) in [5, 5.41) is 16.7. The van der Waals surface area contributed by atoms with E-state index in [9.17, 15) is 0 Å². The minimum atomic E-state index is -0.266. The third kappa shape index (κ3) is 0.736. The predicted octanol–water partition coefficient (Wildman–Crippen LogP) is 0.0289. The summed E-state index contributed by atoms with van der Waals surface area (Å²) in [5.74, 6) is -0.266. The van der Waals surface area contributed by atoms with E-state index in [1.807, 2.05) is 0 Å². The van der Waals surface area contributed by atoms with Crippen molar-refractivity contribution in [3.05, 3.63) is 6.26 Å². The van der Waals surface area contributed by atoms with Gasteiger partial charge in [-0.05, 0) is 0 Å². The van der Waals surface area contributed by atoms with Crippen LogP contribution >= 0.6 is 0 Å². The molecule has 1 aromatic rings. The first-order valence-electron chi connectivity index (χ1n) is 1.75. The molecule has 1 heterocycles. The van der Waals surface area contributed by atoms with Crippen LogP contribution in [0.5, 0.6) is 11.5 Å². The van der Waals surface area contributed by atoms with Gasteiger partial charge in [0.2, 0.25) is 0 Å². The Labute approximate surface area is 40.4 Å². The van der Waals surface area contributed by atoms with E-state index in [4.69, 9.17) is 10.2 Å². The molecule has 0 radical (unpaired) electrons. The van der Waals surface area contributed by atoms with Crippen molar-refractivity contribution >= 4 is 6.91 Å². The molecular formula is C3H3BO3. The molecule has 0 aliphatic rings. The van der Waals surface area contributed by atoms with Crippen LogP contribution in [0.4, 0.5) is 0 Å². The molecule has 0 amide bonds. The van der Waals surface area contributed by atoms with E-state index in [-0.39, 0.29) is 11.5 Å². The molecule has 1 rings (SSSR count). The Morgan fingerprint density at radius 2 is 2.29 bits per heavy atom. The van der Waals surface area contributed by atoms with Crippen molar-refractivity contribution in [1.29, 1.82) is 0 Å². The fourth-order valence-electron chi connectivity index (χ4n) is 0.315. The molecule has 0 fully saturated rings. The van der Waals surface area contributed by atoms with Gasteiger partial charge in [0.15, 0.2) is 0 Å². The molecule has 1 aromatic heterocycles. The summed E-state index contributed by atoms with van der Waals surface area (Å²) in [6.45, 7) is 1.11. The molecule has 36 valence electrons. The van der Waals surface area contributed by atoms with E-state index < -0.39 is 0 Å². The first kappa shape index (κ1) is 4.24. The van der Waals surface area contributed by atoms with Gasteiger partial charge in [0.05, 0.1) is 0 Å². The van der Waals surface area contributed by atoms with Crippen molar-refractivity contribution < 1.29 is 14.6 Å². The Morgan fingerprint density at radius 3 is 2.43 bits per heavy atom. The normalized spacial score (nSPS) is 8.57. The molecule has 0 spiro atoms. The van der Waals surface area contributed by atoms with E-state index in [0.29, 0.717) is 0 Å². The average Bonchev–Trinajstić information content (AvgIpc) is 1.87. The fourth-order valence-corrected chi connectivity index (χ4v) is 0.315. The van der Waals surface area contributed by atoms with Crippen LogP contribution in [-0.4, -0.2) is 17.1 Å². The topological polar surface area (TPSA) is 53.6 Å². The first-order valence-corrected chi connectivity index (χ1v) is 1.75. The van der Waals surface area contributed by atoms with Crippen LogP contribution in [0.2, 0.25) is 0 Å². The third-order valence-corrected chi connectivity index (χ3v) is 0.572. The van der Waals surface area contributed by atoms with Gasteiger partial charge in [-0.3, -0.25) is 0 Å². The Kier molecular flexibility index (Phi) is 0.783. The van der Waals surface area contributed by atoms with Crippen molar-refractivity contribution in [1.82, 2.24) is 0 Å². The van der Waals surface area contributed by atoms with Crippen LogP contribution in [0.3, 0.4) is 0 Å². The summed E-state index contributed by atoms with van der Waals surface area (Å²) < 4.78 is 4.27. The standard InChI is InChI=1S/C3H3BO3/c5-2-1-7-3(6)4-2/h1,5-6H. The number of hydrogen-bond acceptors (Lipinski definition) is 3. The Hall–Kier alpha value is -0.925. The molecule has 0 atom stereocenters. The molecule has 2 N–H and O–H groups in total. The molecule has 0 unspecified atom stereocenters. The van der Waals surface area contributed by atoms with Crippen LogP contribution < -0.4 is 0 Å². The van der Waals surface area contributed by atoms with Crippen molar-refractivity contribution in [3.8, 4) is 11.5 Å². The molecule has 7 heavy (non-hydrogen) atoms. The van der Waals surface area contributed by atoms with E-state index in [1.165, 1.54) is 0 Å². The van der Waals surface area contributed by atoms with Crippen LogP contribution in [-0.2, 0) is 0 Å². The monoisotopic (exact) mass is 98.0 g/mol. The summed E-state index contributed by atoms with van der Waals surface area (Å²) in [7, 11) is 0. The van der Waals surface area contributed by atoms with Gasteiger partial charge in [0.1, 0.15) is 0 Å². The third-order valence-electron chi connectivity index (χ3n) is 0.572. The van der Waals surface area contributed by atoms with E-state index in [1.54, 1.807) is 0 Å². The SMILES string of the molecule is Oc1bc(O)oc1. The molecule has 0 aliphatic heterocycles. The maximum absolute atomic E-state index is 8.40. The van der Waals surface area contributed by atoms with Gasteiger partial charge >= 0.3 is 39.3 Å². The molecule has 3 nitrogen and oxygen atoms in total. The summed E-state index contributed by atoms with van der Waals surface area (Å²) in [6.07, 6.45) is 1.05. The van der Waals surface area contributed by atoms with Gasteiger partial charge in [0.25, 0.3) is 0 Å². The zero-order valence-electron chi connectivity index (χ0n) is 3.46. The predicted molar refractivity (Wildman–Crippen MR) is 23.4 cm³/mol. The quantitative estimate of drug-likeness (QED) is 0.481. The van der Waals surface area contributed by atoms with E-state index in [2.05, 4.69) is 4.42 Å². The second-order valence-corrected chi connectivity index (χ2v) is 1.14. The van der Waals surface area contributed by atoms with Gasteiger partial charge in [-0.2, -0.15) is 0 Å². The fraction of sp³-hybridized carbons (Fsp3) is 0. The maximum atomic E-state index is 8.40. The molecule has 0 saturated heterocycles.